The van der Waals surface area contributed by atoms with Gasteiger partial charge in [-0.3, -0.25) is 5.32 Å². The first-order valence-electron chi connectivity index (χ1n) is 15.0. The van der Waals surface area contributed by atoms with Gasteiger partial charge in [0.2, 0.25) is 5.79 Å². The molecule has 0 bridgehead atoms. The summed E-state index contributed by atoms with van der Waals surface area (Å²) in [6, 6.07) is 0. The largest absolute Gasteiger partial charge is 0.394 e. The van der Waals surface area contributed by atoms with E-state index in [4.69, 9.17) is 14.2 Å². The summed E-state index contributed by atoms with van der Waals surface area (Å²) in [7, 11) is 0. The molecular formula is C27H54N2O13. The van der Waals surface area contributed by atoms with Crippen molar-refractivity contribution in [1.29, 1.82) is 0 Å². The van der Waals surface area contributed by atoms with E-state index in [1.165, 1.54) is 6.92 Å². The van der Waals surface area contributed by atoms with Crippen molar-refractivity contribution in [2.45, 2.75) is 138 Å². The molecule has 0 aromatic heterocycles. The fraction of sp³-hybridized carbons (Fsp3) is 1.00. The molecule has 0 aromatic rings. The van der Waals surface area contributed by atoms with E-state index in [0.717, 1.165) is 25.7 Å². The molecule has 0 radical (unpaired) electrons. The van der Waals surface area contributed by atoms with Gasteiger partial charge in [-0.1, -0.05) is 33.1 Å². The second kappa shape index (κ2) is 16.6. The molecule has 0 aromatic carbocycles. The van der Waals surface area contributed by atoms with Gasteiger partial charge in [-0.2, -0.15) is 0 Å². The Kier molecular flexibility index (Phi) is 14.9. The van der Waals surface area contributed by atoms with Crippen molar-refractivity contribution in [3.8, 4) is 0 Å². The number of unbranched alkanes of at least 4 members (excludes halogenated alkanes) is 3. The minimum absolute atomic E-state index is 0.0367. The van der Waals surface area contributed by atoms with E-state index in [1.807, 2.05) is 13.8 Å². The number of aliphatic hydroxyl groups excluding tert-OH is 8. The third kappa shape index (κ3) is 8.56. The highest BCUT2D eigenvalue weighted by molar-refractivity contribution is 5.09. The third-order valence-electron chi connectivity index (χ3n) is 7.94. The minimum Gasteiger partial charge on any atom is -0.394 e. The zero-order chi connectivity index (χ0) is 31.7. The standard InChI is InChI=1S/C27H54N2O13/c1-4-6-8-10-29-27(39)23(36)21(35)19(15-31)41-26(27,11-16(3)32)42-22-20(34)18(14-30)40-25(38,24(22)37)12-17(33)13-28-9-7-5-2/h16-24,28-39H,4-15H2,1-3H3/t16?,17?,18-,19-,20-,21-,22+,23+,24-,25-,26+,27+/m1/s1. The molecule has 12 atom stereocenters. The highest BCUT2D eigenvalue weighted by Gasteiger charge is 2.67. The molecule has 2 aliphatic heterocycles. The van der Waals surface area contributed by atoms with Crippen LogP contribution in [0.15, 0.2) is 0 Å². The van der Waals surface area contributed by atoms with Crippen LogP contribution in [0, 0.1) is 0 Å². The van der Waals surface area contributed by atoms with Gasteiger partial charge in [-0.05, 0) is 32.9 Å². The van der Waals surface area contributed by atoms with Crippen LogP contribution >= 0.6 is 0 Å². The maximum Gasteiger partial charge on any atom is 0.217 e. The number of hydrogen-bond donors (Lipinski definition) is 12. The van der Waals surface area contributed by atoms with E-state index in [1.54, 1.807) is 0 Å². The predicted octanol–water partition coefficient (Wildman–Crippen LogP) is -3.64. The maximum atomic E-state index is 11.9. The Hall–Kier alpha value is -0.600. The average molecular weight is 615 g/mol. The van der Waals surface area contributed by atoms with Gasteiger partial charge in [0, 0.05) is 19.4 Å². The summed E-state index contributed by atoms with van der Waals surface area (Å²) < 4.78 is 17.4. The highest BCUT2D eigenvalue weighted by Crippen LogP contribution is 2.45. The smallest absolute Gasteiger partial charge is 0.217 e. The van der Waals surface area contributed by atoms with Crippen molar-refractivity contribution in [3.05, 3.63) is 0 Å². The first-order chi connectivity index (χ1) is 19.8. The number of ether oxygens (including phenoxy) is 3. The van der Waals surface area contributed by atoms with Gasteiger partial charge in [-0.25, -0.2) is 0 Å². The molecule has 2 aliphatic rings. The van der Waals surface area contributed by atoms with E-state index in [2.05, 4.69) is 10.6 Å². The molecular weight excluding hydrogens is 560 g/mol. The second-order valence-corrected chi connectivity index (χ2v) is 11.6. The number of nitrogens with one attached hydrogen (secondary N) is 2. The fourth-order valence-corrected chi connectivity index (χ4v) is 5.58. The molecule has 0 aliphatic carbocycles. The van der Waals surface area contributed by atoms with E-state index in [-0.39, 0.29) is 13.1 Å². The molecule has 2 saturated heterocycles. The summed E-state index contributed by atoms with van der Waals surface area (Å²) in [5.74, 6) is -5.10. The van der Waals surface area contributed by atoms with Crippen LogP contribution in [-0.4, -0.2) is 156 Å². The van der Waals surface area contributed by atoms with Crippen molar-refractivity contribution in [2.24, 2.45) is 0 Å². The van der Waals surface area contributed by atoms with Gasteiger partial charge in [0.15, 0.2) is 11.5 Å². The fourth-order valence-electron chi connectivity index (χ4n) is 5.58. The first kappa shape index (κ1) is 37.6. The molecule has 0 saturated carbocycles. The summed E-state index contributed by atoms with van der Waals surface area (Å²) in [4.78, 5) is 0. The third-order valence-corrected chi connectivity index (χ3v) is 7.94. The number of aliphatic hydroxyl groups is 10. The Morgan fingerprint density at radius 3 is 2.00 bits per heavy atom. The lowest BCUT2D eigenvalue weighted by atomic mass is 9.82. The van der Waals surface area contributed by atoms with Gasteiger partial charge >= 0.3 is 0 Å². The van der Waals surface area contributed by atoms with Crippen LogP contribution in [0.2, 0.25) is 0 Å². The lowest BCUT2D eigenvalue weighted by Gasteiger charge is -2.58. The Morgan fingerprint density at radius 2 is 1.43 bits per heavy atom. The quantitative estimate of drug-likeness (QED) is 0.0525. The molecule has 2 heterocycles. The van der Waals surface area contributed by atoms with Crippen LogP contribution in [0.25, 0.3) is 0 Å². The molecule has 250 valence electrons. The average Bonchev–Trinajstić information content (AvgIpc) is 2.94. The van der Waals surface area contributed by atoms with Gasteiger partial charge in [0.05, 0.1) is 25.4 Å². The summed E-state index contributed by atoms with van der Waals surface area (Å²) in [6.07, 6.45) is -12.6. The maximum absolute atomic E-state index is 11.9. The molecule has 0 spiro atoms. The Morgan fingerprint density at radius 1 is 0.810 bits per heavy atom. The normalized spacial score (nSPS) is 40.6. The molecule has 15 nitrogen and oxygen atoms in total. The van der Waals surface area contributed by atoms with E-state index >= 15 is 0 Å². The summed E-state index contributed by atoms with van der Waals surface area (Å²) in [5.41, 5.74) is -2.67. The van der Waals surface area contributed by atoms with E-state index < -0.39 is 98.3 Å². The Balaban J connectivity index is 2.50. The Bertz CT molecular complexity index is 784. The van der Waals surface area contributed by atoms with Crippen LogP contribution in [0.1, 0.15) is 65.7 Å². The molecule has 12 N–H and O–H groups in total. The summed E-state index contributed by atoms with van der Waals surface area (Å²) >= 11 is 0. The number of hydrogen-bond acceptors (Lipinski definition) is 15. The van der Waals surface area contributed by atoms with Crippen molar-refractivity contribution in [2.75, 3.05) is 32.8 Å². The topological polar surface area (TPSA) is 254 Å². The van der Waals surface area contributed by atoms with Gasteiger partial charge in [0.25, 0.3) is 0 Å². The molecule has 2 unspecified atom stereocenters. The van der Waals surface area contributed by atoms with Crippen LogP contribution in [0.5, 0.6) is 0 Å². The van der Waals surface area contributed by atoms with Crippen LogP contribution < -0.4 is 10.6 Å². The van der Waals surface area contributed by atoms with Gasteiger partial charge in [-0.15, -0.1) is 0 Å². The highest BCUT2D eigenvalue weighted by atomic mass is 16.7. The monoisotopic (exact) mass is 614 g/mol. The summed E-state index contributed by atoms with van der Waals surface area (Å²) in [6.45, 7) is 4.32. The molecule has 2 rings (SSSR count). The lowest BCUT2D eigenvalue weighted by molar-refractivity contribution is -0.449. The van der Waals surface area contributed by atoms with Crippen molar-refractivity contribution in [1.82, 2.24) is 10.6 Å². The van der Waals surface area contributed by atoms with E-state index in [9.17, 15) is 51.1 Å². The van der Waals surface area contributed by atoms with Gasteiger partial charge in [0.1, 0.15) is 42.7 Å². The van der Waals surface area contributed by atoms with Crippen LogP contribution in [0.4, 0.5) is 0 Å². The van der Waals surface area contributed by atoms with Crippen molar-refractivity contribution >= 4 is 0 Å². The molecule has 2 fully saturated rings. The van der Waals surface area contributed by atoms with Crippen molar-refractivity contribution < 1.29 is 65.3 Å². The lowest BCUT2D eigenvalue weighted by Crippen LogP contribution is -2.81. The minimum atomic E-state index is -2.67. The van der Waals surface area contributed by atoms with Crippen molar-refractivity contribution in [3.63, 3.8) is 0 Å². The zero-order valence-corrected chi connectivity index (χ0v) is 24.9. The van der Waals surface area contributed by atoms with Crippen LogP contribution in [-0.2, 0) is 14.2 Å². The molecule has 42 heavy (non-hydrogen) atoms. The second-order valence-electron chi connectivity index (χ2n) is 11.6. The number of rotatable bonds is 18. The Labute approximate surface area is 247 Å². The van der Waals surface area contributed by atoms with Crippen LogP contribution in [0.3, 0.4) is 0 Å². The molecule has 15 heteroatoms. The SMILES string of the molecule is CCCCCN[C@]1(O)[C@@H](O)[C@H](O)[C@@H](CO)O[C@@]1(CC(C)O)O[C@H]1[C@H](O)[C@@H](CO)O[C@](O)(CC(O)CNCCCC)[C@@H]1O. The zero-order valence-electron chi connectivity index (χ0n) is 24.9. The molecule has 0 amide bonds. The first-order valence-corrected chi connectivity index (χ1v) is 15.0. The predicted molar refractivity (Wildman–Crippen MR) is 148 cm³/mol. The van der Waals surface area contributed by atoms with E-state index in [0.29, 0.717) is 13.0 Å². The van der Waals surface area contributed by atoms with Gasteiger partial charge < -0.3 is 70.6 Å². The summed E-state index contributed by atoms with van der Waals surface area (Å²) in [5, 5.41) is 114.